The Hall–Kier alpha value is -2.20. The number of piperidine rings is 1. The molecule has 2 rings (SSSR count). The molecule has 40 heavy (non-hydrogen) atoms. The van der Waals surface area contributed by atoms with Gasteiger partial charge in [-0.05, 0) is 55.5 Å². The average molecular weight is 566 g/mol. The number of amides is 3. The lowest BCUT2D eigenvalue weighted by Gasteiger charge is -2.41. The molecular weight excluding hydrogens is 510 g/mol. The second-order valence-electron chi connectivity index (χ2n) is 13.8. The van der Waals surface area contributed by atoms with Crippen molar-refractivity contribution in [1.82, 2.24) is 25.3 Å². The van der Waals surface area contributed by atoms with E-state index in [0.29, 0.717) is 26.1 Å². The Bertz CT molecular complexity index is 901. The summed E-state index contributed by atoms with van der Waals surface area (Å²) in [5, 5.41) is 16.1. The third-order valence-electron chi connectivity index (χ3n) is 8.90. The van der Waals surface area contributed by atoms with Crippen LogP contribution in [0, 0.1) is 29.1 Å². The van der Waals surface area contributed by atoms with Crippen LogP contribution in [0.5, 0.6) is 0 Å². The van der Waals surface area contributed by atoms with Gasteiger partial charge in [0.25, 0.3) is 0 Å². The first-order chi connectivity index (χ1) is 18.5. The van der Waals surface area contributed by atoms with Gasteiger partial charge in [-0.1, -0.05) is 55.4 Å². The van der Waals surface area contributed by atoms with Crippen LogP contribution in [0.25, 0.3) is 0 Å². The van der Waals surface area contributed by atoms with Gasteiger partial charge in [-0.25, -0.2) is 4.79 Å². The zero-order valence-electron chi connectivity index (χ0n) is 26.5. The Kier molecular flexibility index (Phi) is 12.0. The molecule has 0 saturated carbocycles. The number of nitrogens with one attached hydrogen (secondary N) is 2. The van der Waals surface area contributed by atoms with Crippen molar-refractivity contribution < 1.29 is 24.3 Å². The fourth-order valence-electron chi connectivity index (χ4n) is 6.22. The molecule has 0 aromatic heterocycles. The van der Waals surface area contributed by atoms with Crippen molar-refractivity contribution in [1.29, 1.82) is 0 Å². The molecule has 2 saturated heterocycles. The first kappa shape index (κ1) is 34.0. The van der Waals surface area contributed by atoms with Gasteiger partial charge in [0, 0.05) is 33.2 Å². The number of rotatable bonds is 11. The van der Waals surface area contributed by atoms with Crippen LogP contribution in [-0.4, -0.2) is 108 Å². The molecule has 6 atom stereocenters. The zero-order valence-corrected chi connectivity index (χ0v) is 26.5. The molecule has 2 aliphatic rings. The molecule has 10 nitrogen and oxygen atoms in total. The highest BCUT2D eigenvalue weighted by molar-refractivity contribution is 5.89. The quantitative estimate of drug-likeness (QED) is 0.351. The molecule has 2 unspecified atom stereocenters. The summed E-state index contributed by atoms with van der Waals surface area (Å²) in [5.41, 5.74) is -0.495. The maximum absolute atomic E-state index is 14.0. The van der Waals surface area contributed by atoms with E-state index in [1.54, 1.807) is 32.8 Å². The van der Waals surface area contributed by atoms with Gasteiger partial charge in [0.1, 0.15) is 12.1 Å². The van der Waals surface area contributed by atoms with Crippen LogP contribution in [-0.2, 0) is 19.2 Å². The molecule has 0 aromatic carbocycles. The monoisotopic (exact) mass is 565 g/mol. The Morgan fingerprint density at radius 1 is 1.02 bits per heavy atom. The molecule has 230 valence electrons. The number of likely N-dealkylation sites (N-methyl/N-ethyl adjacent to an activating group) is 2. The summed E-state index contributed by atoms with van der Waals surface area (Å²) >= 11 is 0. The van der Waals surface area contributed by atoms with Crippen LogP contribution < -0.4 is 10.6 Å². The Morgan fingerprint density at radius 2 is 1.65 bits per heavy atom. The van der Waals surface area contributed by atoms with E-state index in [1.165, 1.54) is 4.90 Å². The van der Waals surface area contributed by atoms with Crippen LogP contribution in [0.3, 0.4) is 0 Å². The van der Waals surface area contributed by atoms with E-state index in [0.717, 1.165) is 19.4 Å². The lowest BCUT2D eigenvalue weighted by molar-refractivity contribution is -0.153. The topological polar surface area (TPSA) is 122 Å². The molecule has 0 radical (unpaired) electrons. The molecule has 3 N–H and O–H groups in total. The normalized spacial score (nSPS) is 24.4. The predicted molar refractivity (Wildman–Crippen MR) is 157 cm³/mol. The van der Waals surface area contributed by atoms with Gasteiger partial charge in [0.05, 0.1) is 12.0 Å². The van der Waals surface area contributed by atoms with Gasteiger partial charge in [0.2, 0.25) is 17.7 Å². The van der Waals surface area contributed by atoms with E-state index < -0.39 is 29.5 Å². The van der Waals surface area contributed by atoms with E-state index in [2.05, 4.69) is 36.3 Å². The van der Waals surface area contributed by atoms with Crippen molar-refractivity contribution in [3.8, 4) is 0 Å². The van der Waals surface area contributed by atoms with Crippen molar-refractivity contribution in [2.75, 3.05) is 40.3 Å². The van der Waals surface area contributed by atoms with Crippen molar-refractivity contribution >= 4 is 23.7 Å². The average Bonchev–Trinajstić information content (AvgIpc) is 3.31. The lowest BCUT2D eigenvalue weighted by Crippen LogP contribution is -2.60. The lowest BCUT2D eigenvalue weighted by atomic mass is 9.83. The first-order valence-electron chi connectivity index (χ1n) is 15.0. The van der Waals surface area contributed by atoms with E-state index in [-0.39, 0.29) is 47.4 Å². The fourth-order valence-corrected chi connectivity index (χ4v) is 6.22. The van der Waals surface area contributed by atoms with Gasteiger partial charge >= 0.3 is 5.97 Å². The Balaban J connectivity index is 2.22. The second-order valence-corrected chi connectivity index (χ2v) is 13.8. The van der Waals surface area contributed by atoms with Crippen molar-refractivity contribution in [2.24, 2.45) is 29.1 Å². The molecule has 0 spiro atoms. The van der Waals surface area contributed by atoms with Crippen molar-refractivity contribution in [2.45, 2.75) is 98.8 Å². The first-order valence-corrected chi connectivity index (χ1v) is 15.0. The van der Waals surface area contributed by atoms with E-state index in [4.69, 9.17) is 0 Å². The molecule has 2 heterocycles. The molecule has 3 amide bonds. The molecule has 2 aliphatic heterocycles. The highest BCUT2D eigenvalue weighted by Gasteiger charge is 2.42. The molecule has 0 bridgehead atoms. The third kappa shape index (κ3) is 8.18. The summed E-state index contributed by atoms with van der Waals surface area (Å²) in [6.45, 7) is 18.4. The maximum Gasteiger partial charge on any atom is 0.326 e. The number of carbonyl (C=O) groups excluding carboxylic acids is 3. The Labute approximate surface area is 241 Å². The summed E-state index contributed by atoms with van der Waals surface area (Å²) in [7, 11) is 3.37. The van der Waals surface area contributed by atoms with Gasteiger partial charge in [-0.2, -0.15) is 0 Å². The molecule has 0 aromatic rings. The number of aliphatic carboxylic acids is 1. The van der Waals surface area contributed by atoms with Crippen molar-refractivity contribution in [3.63, 3.8) is 0 Å². The summed E-state index contributed by atoms with van der Waals surface area (Å²) in [4.78, 5) is 57.9. The highest BCUT2D eigenvalue weighted by atomic mass is 16.4. The standard InChI is InChI=1S/C30H55N5O5/c1-18(2)23(17-35-15-11-12-22(35)27(37)34(10)24(19(3)4)29(39)40)33(9)28(38)25(30(6,7)8)32-26(36)21-16-31-14-13-20(21)5/h18-25,31H,11-17H2,1-10H3,(H,32,36)(H,39,40)/t20?,21-,22-,23+,24?,25+/m0/s1. The van der Waals surface area contributed by atoms with Crippen LogP contribution in [0.15, 0.2) is 0 Å². The zero-order chi connectivity index (χ0) is 30.5. The number of hydrogen-bond donors (Lipinski definition) is 3. The summed E-state index contributed by atoms with van der Waals surface area (Å²) in [6.07, 6.45) is 2.42. The number of nitrogens with zero attached hydrogens (tertiary/aromatic N) is 3. The van der Waals surface area contributed by atoms with Crippen molar-refractivity contribution in [3.05, 3.63) is 0 Å². The minimum atomic E-state index is -1.01. The van der Waals surface area contributed by atoms with Gasteiger partial charge < -0.3 is 25.5 Å². The van der Waals surface area contributed by atoms with Crippen LogP contribution in [0.1, 0.15) is 74.7 Å². The number of likely N-dealkylation sites (tertiary alicyclic amines) is 1. The summed E-state index contributed by atoms with van der Waals surface area (Å²) in [6, 6.07) is -2.19. The van der Waals surface area contributed by atoms with E-state index in [1.807, 2.05) is 20.8 Å². The van der Waals surface area contributed by atoms with Gasteiger partial charge in [0.15, 0.2) is 0 Å². The number of carboxylic acids is 1. The number of carboxylic acid groups (broad SMARTS) is 1. The molecule has 2 fully saturated rings. The smallest absolute Gasteiger partial charge is 0.326 e. The third-order valence-corrected chi connectivity index (χ3v) is 8.90. The summed E-state index contributed by atoms with van der Waals surface area (Å²) in [5.74, 6) is -1.46. The summed E-state index contributed by atoms with van der Waals surface area (Å²) < 4.78 is 0. The van der Waals surface area contributed by atoms with Crippen LogP contribution in [0.2, 0.25) is 0 Å². The maximum atomic E-state index is 14.0. The van der Waals surface area contributed by atoms with Gasteiger partial charge in [-0.15, -0.1) is 0 Å². The second kappa shape index (κ2) is 14.1. The SMILES string of the molecule is CC(C)C(C(=O)O)N(C)C(=O)[C@@H]1CCCN1C[C@H](C(C)C)N(C)C(=O)[C@@H](NC(=O)[C@H]1CNCCC1C)C(C)(C)C. The van der Waals surface area contributed by atoms with Crippen LogP contribution in [0.4, 0.5) is 0 Å². The molecule has 0 aliphatic carbocycles. The highest BCUT2D eigenvalue weighted by Crippen LogP contribution is 2.27. The minimum absolute atomic E-state index is 0.0890. The molecule has 10 heteroatoms. The van der Waals surface area contributed by atoms with E-state index >= 15 is 0 Å². The van der Waals surface area contributed by atoms with Crippen LogP contribution >= 0.6 is 0 Å². The number of hydrogen-bond acceptors (Lipinski definition) is 6. The minimum Gasteiger partial charge on any atom is -0.480 e. The van der Waals surface area contributed by atoms with E-state index in [9.17, 15) is 24.3 Å². The number of carbonyl (C=O) groups is 4. The fraction of sp³-hybridized carbons (Fsp3) is 0.867. The Morgan fingerprint density at radius 3 is 2.15 bits per heavy atom. The largest absolute Gasteiger partial charge is 0.480 e. The van der Waals surface area contributed by atoms with Gasteiger partial charge in [-0.3, -0.25) is 19.3 Å². The molecular formula is C30H55N5O5. The predicted octanol–water partition coefficient (Wildman–Crippen LogP) is 2.28.